The van der Waals surface area contributed by atoms with Crippen LogP contribution in [0.15, 0.2) is 0 Å². The molecule has 1 saturated carbocycles. The van der Waals surface area contributed by atoms with Gasteiger partial charge in [0, 0.05) is 13.0 Å². The minimum Gasteiger partial charge on any atom is -0.480 e. The zero-order valence-corrected chi connectivity index (χ0v) is 7.99. The lowest BCUT2D eigenvalue weighted by Crippen LogP contribution is -2.45. The second-order valence-electron chi connectivity index (χ2n) is 3.42. The number of carbonyl (C=O) groups is 2. The molecule has 0 aromatic rings. The van der Waals surface area contributed by atoms with Crippen LogP contribution in [0, 0.1) is 0 Å². The molecule has 1 atom stereocenters. The van der Waals surface area contributed by atoms with Crippen LogP contribution >= 0.6 is 0 Å². The smallest absolute Gasteiger partial charge is 0.326 e. The third-order valence-corrected chi connectivity index (χ3v) is 2.31. The molecule has 4 heteroatoms. The molecule has 0 aromatic carbocycles. The van der Waals surface area contributed by atoms with E-state index >= 15 is 0 Å². The van der Waals surface area contributed by atoms with Crippen LogP contribution in [0.1, 0.15) is 33.1 Å². The number of rotatable bonds is 4. The Morgan fingerprint density at radius 3 is 2.31 bits per heavy atom. The highest BCUT2D eigenvalue weighted by Gasteiger charge is 2.37. The van der Waals surface area contributed by atoms with Crippen LogP contribution in [0.2, 0.25) is 0 Å². The van der Waals surface area contributed by atoms with Crippen LogP contribution < -0.4 is 0 Å². The first kappa shape index (κ1) is 10.0. The summed E-state index contributed by atoms with van der Waals surface area (Å²) in [6.45, 7) is 3.22. The van der Waals surface area contributed by atoms with Crippen LogP contribution in [0.3, 0.4) is 0 Å². The van der Waals surface area contributed by atoms with E-state index in [2.05, 4.69) is 0 Å². The van der Waals surface area contributed by atoms with Crippen molar-refractivity contribution in [2.45, 2.75) is 45.2 Å². The van der Waals surface area contributed by atoms with Gasteiger partial charge in [0.25, 0.3) is 0 Å². The summed E-state index contributed by atoms with van der Waals surface area (Å²) < 4.78 is 0. The van der Waals surface area contributed by atoms with E-state index in [-0.39, 0.29) is 11.9 Å². The first-order valence-electron chi connectivity index (χ1n) is 4.59. The molecular formula is C9H15NO3. The van der Waals surface area contributed by atoms with Gasteiger partial charge in [-0.1, -0.05) is 6.92 Å². The molecule has 0 aliphatic heterocycles. The lowest BCUT2D eigenvalue weighted by Gasteiger charge is -2.26. The number of carbonyl (C=O) groups excluding carboxylic acids is 1. The fourth-order valence-corrected chi connectivity index (χ4v) is 1.57. The Morgan fingerprint density at radius 1 is 1.54 bits per heavy atom. The predicted octanol–water partition coefficient (Wildman–Crippen LogP) is 0.861. The summed E-state index contributed by atoms with van der Waals surface area (Å²) in [7, 11) is 0. The van der Waals surface area contributed by atoms with Crippen molar-refractivity contribution < 1.29 is 14.7 Å². The van der Waals surface area contributed by atoms with E-state index in [1.54, 1.807) is 6.92 Å². The molecular weight excluding hydrogens is 170 g/mol. The van der Waals surface area contributed by atoms with Gasteiger partial charge in [0.15, 0.2) is 0 Å². The highest BCUT2D eigenvalue weighted by atomic mass is 16.4. The Hall–Kier alpha value is -1.06. The molecule has 0 bridgehead atoms. The summed E-state index contributed by atoms with van der Waals surface area (Å²) in [6, 6.07) is -0.455. The maximum absolute atomic E-state index is 11.2. The topological polar surface area (TPSA) is 57.6 Å². The van der Waals surface area contributed by atoms with Crippen LogP contribution in [-0.2, 0) is 9.59 Å². The number of hydrogen-bond donors (Lipinski definition) is 1. The van der Waals surface area contributed by atoms with Crippen molar-refractivity contribution in [3.63, 3.8) is 0 Å². The normalized spacial score (nSPS) is 18.0. The van der Waals surface area contributed by atoms with E-state index in [9.17, 15) is 9.59 Å². The quantitative estimate of drug-likeness (QED) is 0.706. The summed E-state index contributed by atoms with van der Waals surface area (Å²) in [5, 5.41) is 8.88. The Kier molecular flexibility index (Phi) is 2.90. The third kappa shape index (κ3) is 2.20. The summed E-state index contributed by atoms with van der Waals surface area (Å²) >= 11 is 0. The van der Waals surface area contributed by atoms with Crippen molar-refractivity contribution in [3.05, 3.63) is 0 Å². The molecule has 74 valence electrons. The van der Waals surface area contributed by atoms with Gasteiger partial charge in [-0.15, -0.1) is 0 Å². The van der Waals surface area contributed by atoms with Gasteiger partial charge in [0.1, 0.15) is 6.04 Å². The maximum Gasteiger partial charge on any atom is 0.326 e. The molecule has 0 radical (unpaired) electrons. The van der Waals surface area contributed by atoms with Crippen molar-refractivity contribution in [2.75, 3.05) is 0 Å². The summed E-state index contributed by atoms with van der Waals surface area (Å²) in [4.78, 5) is 23.5. The minimum absolute atomic E-state index is 0.128. The fraction of sp³-hybridized carbons (Fsp3) is 0.778. The largest absolute Gasteiger partial charge is 0.480 e. The second-order valence-corrected chi connectivity index (χ2v) is 3.42. The molecule has 13 heavy (non-hydrogen) atoms. The number of hydrogen-bond acceptors (Lipinski definition) is 2. The Labute approximate surface area is 77.5 Å². The SMILES string of the molecule is CCC(C(=O)O)N(C(C)=O)C1CC1. The van der Waals surface area contributed by atoms with Crippen molar-refractivity contribution >= 4 is 11.9 Å². The number of carboxylic acids is 1. The van der Waals surface area contributed by atoms with Crippen LogP contribution in [-0.4, -0.2) is 34.0 Å². The van der Waals surface area contributed by atoms with Gasteiger partial charge in [-0.05, 0) is 19.3 Å². The van der Waals surface area contributed by atoms with Crippen LogP contribution in [0.5, 0.6) is 0 Å². The standard InChI is InChI=1S/C9H15NO3/c1-3-8(9(12)13)10(6(2)11)7-4-5-7/h7-8H,3-5H2,1-2H3,(H,12,13). The van der Waals surface area contributed by atoms with Crippen molar-refractivity contribution in [1.29, 1.82) is 0 Å². The molecule has 1 fully saturated rings. The molecule has 4 nitrogen and oxygen atoms in total. The number of amides is 1. The fourth-order valence-electron chi connectivity index (χ4n) is 1.57. The highest BCUT2D eigenvalue weighted by molar-refractivity contribution is 5.82. The van der Waals surface area contributed by atoms with Crippen LogP contribution in [0.25, 0.3) is 0 Å². The average molecular weight is 185 g/mol. The van der Waals surface area contributed by atoms with Gasteiger partial charge in [-0.3, -0.25) is 4.79 Å². The number of aliphatic carboxylic acids is 1. The van der Waals surface area contributed by atoms with Gasteiger partial charge in [-0.2, -0.15) is 0 Å². The first-order chi connectivity index (χ1) is 6.07. The lowest BCUT2D eigenvalue weighted by molar-refractivity contribution is -0.150. The van der Waals surface area contributed by atoms with E-state index in [0.29, 0.717) is 6.42 Å². The van der Waals surface area contributed by atoms with E-state index in [0.717, 1.165) is 12.8 Å². The third-order valence-electron chi connectivity index (χ3n) is 2.31. The molecule has 0 heterocycles. The van der Waals surface area contributed by atoms with Crippen molar-refractivity contribution in [2.24, 2.45) is 0 Å². The minimum atomic E-state index is -0.899. The van der Waals surface area contributed by atoms with Gasteiger partial charge in [0.05, 0.1) is 0 Å². The van der Waals surface area contributed by atoms with Crippen LogP contribution in [0.4, 0.5) is 0 Å². The summed E-state index contributed by atoms with van der Waals surface area (Å²) in [5.41, 5.74) is 0. The van der Waals surface area contributed by atoms with Crippen molar-refractivity contribution in [3.8, 4) is 0 Å². The molecule has 1 aliphatic carbocycles. The maximum atomic E-state index is 11.2. The Morgan fingerprint density at radius 2 is 2.08 bits per heavy atom. The summed E-state index contributed by atoms with van der Waals surface area (Å²) in [5.74, 6) is -1.03. The first-order valence-corrected chi connectivity index (χ1v) is 4.59. The van der Waals surface area contributed by atoms with Crippen molar-refractivity contribution in [1.82, 2.24) is 4.90 Å². The molecule has 1 unspecified atom stereocenters. The van der Waals surface area contributed by atoms with E-state index in [1.165, 1.54) is 11.8 Å². The summed E-state index contributed by atoms with van der Waals surface area (Å²) in [6.07, 6.45) is 2.37. The molecule has 1 rings (SSSR count). The lowest BCUT2D eigenvalue weighted by atomic mass is 10.2. The highest BCUT2D eigenvalue weighted by Crippen LogP contribution is 2.29. The molecule has 0 aromatic heterocycles. The van der Waals surface area contributed by atoms with Gasteiger partial charge in [-0.25, -0.2) is 4.79 Å². The molecule has 1 N–H and O–H groups in total. The number of carboxylic acid groups (broad SMARTS) is 1. The number of nitrogens with zero attached hydrogens (tertiary/aromatic N) is 1. The zero-order chi connectivity index (χ0) is 10.0. The van der Waals surface area contributed by atoms with E-state index in [1.807, 2.05) is 0 Å². The Bertz CT molecular complexity index is 223. The molecule has 0 spiro atoms. The zero-order valence-electron chi connectivity index (χ0n) is 7.99. The average Bonchev–Trinajstić information content (AvgIpc) is 2.80. The molecule has 1 amide bonds. The van der Waals surface area contributed by atoms with Gasteiger partial charge < -0.3 is 10.0 Å². The molecule has 1 aliphatic rings. The second kappa shape index (κ2) is 3.77. The van der Waals surface area contributed by atoms with E-state index < -0.39 is 12.0 Å². The van der Waals surface area contributed by atoms with E-state index in [4.69, 9.17) is 5.11 Å². The monoisotopic (exact) mass is 185 g/mol. The van der Waals surface area contributed by atoms with Gasteiger partial charge >= 0.3 is 5.97 Å². The van der Waals surface area contributed by atoms with Gasteiger partial charge in [0.2, 0.25) is 5.91 Å². The Balaban J connectivity index is 2.71. The predicted molar refractivity (Wildman–Crippen MR) is 47.3 cm³/mol. The molecule has 0 saturated heterocycles.